The fraction of sp³-hybridized carbons (Fsp3) is 0.700. The molecule has 0 aliphatic rings. The maximum absolute atomic E-state index is 11.5. The number of aldehydes is 3. The molecule has 5 N–H and O–H groups in total. The number of hydrogen-bond acceptors (Lipinski definition) is 10. The molecule has 0 saturated carbocycles. The van der Waals surface area contributed by atoms with Gasteiger partial charge in [0, 0.05) is 6.42 Å². The van der Waals surface area contributed by atoms with Crippen molar-refractivity contribution in [1.29, 1.82) is 0 Å². The molecular weight excluding hydrogens is 390 g/mol. The van der Waals surface area contributed by atoms with E-state index in [0.717, 1.165) is 6.29 Å². The smallest absolute Gasteiger partial charge is 0.388 e. The highest BCUT2D eigenvalue weighted by Gasteiger charge is 2.32. The molecule has 0 fully saturated rings. The number of aliphatic hydroxyl groups is 2. The summed E-state index contributed by atoms with van der Waals surface area (Å²) in [6, 6.07) is 0. The van der Waals surface area contributed by atoms with Gasteiger partial charge >= 0.3 is 15.6 Å². The second kappa shape index (κ2) is 13.4. The molecule has 0 aliphatic carbocycles. The molecule has 0 amide bonds. The zero-order valence-electron chi connectivity index (χ0n) is 13.0. The van der Waals surface area contributed by atoms with Crippen molar-refractivity contribution in [3.8, 4) is 0 Å². The Morgan fingerprint density at radius 3 is 1.92 bits per heavy atom. The van der Waals surface area contributed by atoms with Gasteiger partial charge in [-0.1, -0.05) is 0 Å². The Hall–Kier alpha value is -0.850. The highest BCUT2D eigenvalue weighted by atomic mass is 31.2. The van der Waals surface area contributed by atoms with Crippen LogP contribution < -0.4 is 0 Å². The Kier molecular flexibility index (Phi) is 14.1. The van der Waals surface area contributed by atoms with Crippen LogP contribution in [0, 0.1) is 0 Å². The number of hydrogen-bond donors (Lipinski definition) is 5. The van der Waals surface area contributed by atoms with Crippen molar-refractivity contribution in [2.75, 3.05) is 13.2 Å². The predicted molar refractivity (Wildman–Crippen MR) is 79.1 cm³/mol. The second-order valence-electron chi connectivity index (χ2n) is 4.10. The van der Waals surface area contributed by atoms with E-state index in [1.807, 2.05) is 0 Å². The summed E-state index contributed by atoms with van der Waals surface area (Å²) in [5.41, 5.74) is 0. The van der Waals surface area contributed by atoms with Gasteiger partial charge in [0.25, 0.3) is 0 Å². The normalized spacial score (nSPS) is 17.2. The number of phosphoric ester groups is 2. The van der Waals surface area contributed by atoms with Crippen LogP contribution in [-0.2, 0) is 37.1 Å². The summed E-state index contributed by atoms with van der Waals surface area (Å²) in [6.07, 6.45) is -4.81. The highest BCUT2D eigenvalue weighted by Crippen LogP contribution is 2.45. The van der Waals surface area contributed by atoms with Gasteiger partial charge in [0.15, 0.2) is 6.29 Å². The lowest BCUT2D eigenvalue weighted by Crippen LogP contribution is -2.33. The average molecular weight is 410 g/mol. The van der Waals surface area contributed by atoms with Crippen molar-refractivity contribution in [2.45, 2.75) is 31.7 Å². The fourth-order valence-electron chi connectivity index (χ4n) is 1.06. The first-order valence-corrected chi connectivity index (χ1v) is 9.45. The molecular formula is C10H20O13P2. The van der Waals surface area contributed by atoms with Crippen LogP contribution in [0.1, 0.15) is 13.3 Å². The van der Waals surface area contributed by atoms with E-state index in [9.17, 15) is 28.7 Å². The summed E-state index contributed by atoms with van der Waals surface area (Å²) in [6.45, 7) is -0.417. The van der Waals surface area contributed by atoms with E-state index in [1.54, 1.807) is 0 Å². The van der Waals surface area contributed by atoms with Gasteiger partial charge in [0.1, 0.15) is 30.9 Å². The Labute approximate surface area is 142 Å². The molecule has 4 atom stereocenters. The first-order valence-electron chi connectivity index (χ1n) is 6.43. The summed E-state index contributed by atoms with van der Waals surface area (Å²) in [5, 5.41) is 18.4. The van der Waals surface area contributed by atoms with Crippen LogP contribution >= 0.6 is 15.6 Å². The van der Waals surface area contributed by atoms with Crippen molar-refractivity contribution in [2.24, 2.45) is 0 Å². The summed E-state index contributed by atoms with van der Waals surface area (Å²) >= 11 is 0. The standard InChI is InChI=1S/C8H16O12P2.C2H4O/c9-2-1-8(7(12)5-18-21(13,14)15)20-22(16,17)19-4-6(11)3-10;1-2-3/h2-3,6-8,11-12H,1,4-5H2,(H,16,17)(H2,13,14,15);2H,1H3/t6?,7-,8+;/m1./s1. The maximum atomic E-state index is 11.5. The molecule has 0 saturated heterocycles. The number of phosphoric acid groups is 2. The lowest BCUT2D eigenvalue weighted by Gasteiger charge is -2.23. The van der Waals surface area contributed by atoms with Crippen molar-refractivity contribution >= 4 is 34.5 Å². The molecule has 0 heterocycles. The van der Waals surface area contributed by atoms with Gasteiger partial charge in [-0.15, -0.1) is 0 Å². The first kappa shape index (κ1) is 26.4. The monoisotopic (exact) mass is 410 g/mol. The maximum Gasteiger partial charge on any atom is 0.472 e. The lowest BCUT2D eigenvalue weighted by molar-refractivity contribution is -0.116. The van der Waals surface area contributed by atoms with Crippen LogP contribution in [0.5, 0.6) is 0 Å². The molecule has 0 bridgehead atoms. The van der Waals surface area contributed by atoms with E-state index < -0.39 is 53.6 Å². The molecule has 0 aromatic rings. The van der Waals surface area contributed by atoms with Crippen LogP contribution in [0.3, 0.4) is 0 Å². The predicted octanol–water partition coefficient (Wildman–Crippen LogP) is -1.69. The molecule has 25 heavy (non-hydrogen) atoms. The third kappa shape index (κ3) is 16.4. The zero-order chi connectivity index (χ0) is 20.1. The van der Waals surface area contributed by atoms with E-state index in [0.29, 0.717) is 0 Å². The van der Waals surface area contributed by atoms with Gasteiger partial charge in [0.05, 0.1) is 13.2 Å². The van der Waals surface area contributed by atoms with E-state index in [2.05, 4.69) is 13.6 Å². The molecule has 0 aliphatic heterocycles. The quantitative estimate of drug-likeness (QED) is 0.180. The number of aliphatic hydroxyl groups excluding tert-OH is 2. The Bertz CT molecular complexity index is 489. The van der Waals surface area contributed by atoms with Crippen LogP contribution in [0.15, 0.2) is 0 Å². The van der Waals surface area contributed by atoms with Crippen LogP contribution in [-0.4, -0.2) is 75.3 Å². The van der Waals surface area contributed by atoms with Crippen molar-refractivity contribution in [3.05, 3.63) is 0 Å². The van der Waals surface area contributed by atoms with E-state index in [-0.39, 0.29) is 12.6 Å². The minimum absolute atomic E-state index is 0.0334. The van der Waals surface area contributed by atoms with Gasteiger partial charge in [-0.05, 0) is 6.92 Å². The molecule has 0 rings (SSSR count). The third-order valence-electron chi connectivity index (χ3n) is 2.01. The van der Waals surface area contributed by atoms with Crippen molar-refractivity contribution < 1.29 is 62.0 Å². The van der Waals surface area contributed by atoms with E-state index in [1.165, 1.54) is 6.92 Å². The summed E-state index contributed by atoms with van der Waals surface area (Å²) in [4.78, 5) is 55.6. The van der Waals surface area contributed by atoms with Crippen LogP contribution in [0.4, 0.5) is 0 Å². The van der Waals surface area contributed by atoms with Crippen molar-refractivity contribution in [1.82, 2.24) is 0 Å². The molecule has 148 valence electrons. The Morgan fingerprint density at radius 2 is 1.52 bits per heavy atom. The highest BCUT2D eigenvalue weighted by molar-refractivity contribution is 7.47. The molecule has 2 unspecified atom stereocenters. The zero-order valence-corrected chi connectivity index (χ0v) is 14.8. The summed E-state index contributed by atoms with van der Waals surface area (Å²) in [7, 11) is -9.75. The molecule has 0 aromatic carbocycles. The SMILES string of the molecule is CC=O.O=CC[C@H](OP(=O)(O)OCC(O)C=O)[C@H](O)COP(=O)(O)O. The largest absolute Gasteiger partial charge is 0.472 e. The lowest BCUT2D eigenvalue weighted by atomic mass is 10.2. The summed E-state index contributed by atoms with van der Waals surface area (Å²) < 4.78 is 34.6. The molecule has 15 heteroatoms. The molecule has 0 radical (unpaired) electrons. The number of rotatable bonds is 12. The van der Waals surface area contributed by atoms with Gasteiger partial charge in [-0.3, -0.25) is 13.6 Å². The van der Waals surface area contributed by atoms with Crippen molar-refractivity contribution in [3.63, 3.8) is 0 Å². The number of carbonyl (C=O) groups excluding carboxylic acids is 3. The van der Waals surface area contributed by atoms with E-state index in [4.69, 9.17) is 19.7 Å². The first-order chi connectivity index (χ1) is 11.4. The van der Waals surface area contributed by atoms with Crippen LogP contribution in [0.2, 0.25) is 0 Å². The fourth-order valence-corrected chi connectivity index (χ4v) is 2.38. The minimum atomic E-state index is -4.90. The van der Waals surface area contributed by atoms with Gasteiger partial charge in [-0.25, -0.2) is 9.13 Å². The molecule has 0 aromatic heterocycles. The van der Waals surface area contributed by atoms with Gasteiger partial charge in [0.2, 0.25) is 0 Å². The second-order valence-corrected chi connectivity index (χ2v) is 6.75. The Balaban J connectivity index is 0. The third-order valence-corrected chi connectivity index (χ3v) is 3.50. The van der Waals surface area contributed by atoms with Crippen LogP contribution in [0.25, 0.3) is 0 Å². The number of carbonyl (C=O) groups is 3. The molecule has 13 nitrogen and oxygen atoms in total. The average Bonchev–Trinajstić information content (AvgIpc) is 2.49. The van der Waals surface area contributed by atoms with Gasteiger partial charge < -0.3 is 39.3 Å². The van der Waals surface area contributed by atoms with Gasteiger partial charge in [-0.2, -0.15) is 0 Å². The Morgan fingerprint density at radius 1 is 1.00 bits per heavy atom. The molecule has 0 spiro atoms. The summed E-state index contributed by atoms with van der Waals surface area (Å²) in [5.74, 6) is 0. The van der Waals surface area contributed by atoms with E-state index >= 15 is 0 Å². The minimum Gasteiger partial charge on any atom is -0.388 e. The topological polar surface area (TPSA) is 214 Å².